The van der Waals surface area contributed by atoms with Gasteiger partial charge in [-0.2, -0.15) is 4.98 Å². The summed E-state index contributed by atoms with van der Waals surface area (Å²) in [6.45, 7) is 3.77. The lowest BCUT2D eigenvalue weighted by atomic mass is 10.0. The predicted octanol–water partition coefficient (Wildman–Crippen LogP) is 5.05. The first-order chi connectivity index (χ1) is 14.6. The van der Waals surface area contributed by atoms with E-state index < -0.39 is 0 Å². The van der Waals surface area contributed by atoms with Crippen LogP contribution in [0.5, 0.6) is 0 Å². The molecule has 1 aliphatic carbocycles. The number of hydrogen-bond donors (Lipinski definition) is 1. The number of Topliss-reactive ketones (excluding diaryl/α,β-unsaturated/α-hetero) is 1. The van der Waals surface area contributed by atoms with Crippen molar-refractivity contribution in [2.24, 2.45) is 0 Å². The molecule has 0 fully saturated rings. The molecule has 3 heterocycles. The van der Waals surface area contributed by atoms with Crippen LogP contribution in [0.1, 0.15) is 50.5 Å². The Bertz CT molecular complexity index is 1260. The summed E-state index contributed by atoms with van der Waals surface area (Å²) in [6.07, 6.45) is 4.05. The number of hydrogen-bond acceptors (Lipinski definition) is 6. The number of nitrogens with one attached hydrogen (secondary N) is 1. The van der Waals surface area contributed by atoms with Crippen LogP contribution < -0.4 is 0 Å². The Labute approximate surface area is 177 Å². The third-order valence-electron chi connectivity index (χ3n) is 5.26. The molecule has 1 N–H and O–H groups in total. The minimum atomic E-state index is 0.0351. The van der Waals surface area contributed by atoms with Gasteiger partial charge in [-0.3, -0.25) is 4.79 Å². The first-order valence-corrected chi connectivity index (χ1v) is 10.7. The van der Waals surface area contributed by atoms with Gasteiger partial charge in [-0.25, -0.2) is 4.98 Å². The number of rotatable bonds is 6. The van der Waals surface area contributed by atoms with Gasteiger partial charge in [0.1, 0.15) is 0 Å². The van der Waals surface area contributed by atoms with Crippen molar-refractivity contribution < 1.29 is 9.32 Å². The number of fused-ring (bicyclic) bond motifs is 1. The molecule has 0 amide bonds. The van der Waals surface area contributed by atoms with Gasteiger partial charge in [-0.05, 0) is 55.0 Å². The van der Waals surface area contributed by atoms with Crippen LogP contribution in [0.25, 0.3) is 22.9 Å². The van der Waals surface area contributed by atoms with E-state index in [9.17, 15) is 4.79 Å². The fourth-order valence-corrected chi connectivity index (χ4v) is 4.44. The molecule has 0 saturated heterocycles. The van der Waals surface area contributed by atoms with Gasteiger partial charge in [0.15, 0.2) is 17.4 Å². The average molecular weight is 417 g/mol. The van der Waals surface area contributed by atoms with Crippen LogP contribution in [0, 0.1) is 13.8 Å². The highest BCUT2D eigenvalue weighted by Gasteiger charge is 2.21. The van der Waals surface area contributed by atoms with Gasteiger partial charge in [0.25, 0.3) is 5.89 Å². The molecule has 150 valence electrons. The molecule has 7 heteroatoms. The van der Waals surface area contributed by atoms with E-state index in [1.165, 1.54) is 10.4 Å². The summed E-state index contributed by atoms with van der Waals surface area (Å²) >= 11 is 1.67. The second-order valence-electron chi connectivity index (χ2n) is 7.47. The van der Waals surface area contributed by atoms with Gasteiger partial charge in [-0.1, -0.05) is 23.4 Å². The lowest BCUT2D eigenvalue weighted by Crippen LogP contribution is -2.03. The molecule has 1 aromatic carbocycles. The smallest absolute Gasteiger partial charge is 0.254 e. The summed E-state index contributed by atoms with van der Waals surface area (Å²) in [4.78, 5) is 25.9. The summed E-state index contributed by atoms with van der Waals surface area (Å²) in [5.74, 6) is 1.66. The molecule has 3 aromatic heterocycles. The summed E-state index contributed by atoms with van der Waals surface area (Å²) in [6, 6.07) is 10.3. The number of carbonyl (C=O) groups is 1. The van der Waals surface area contributed by atoms with Gasteiger partial charge in [0.2, 0.25) is 0 Å². The standard InChI is InChI=1S/C23H20N4O2S/c1-13-21(26-22(24-13)20(28)8-7-19-4-3-9-30-19)16-6-5-15-10-18(12-17(15)11-16)23-25-14(2)27-29-23/h3-6,9,11-12H,7-8,10H2,1-2H3,(H,24,26). The number of allylic oxidation sites excluding steroid dienone is 1. The molecule has 30 heavy (non-hydrogen) atoms. The number of aromatic amines is 1. The van der Waals surface area contributed by atoms with Crippen molar-refractivity contribution in [1.29, 1.82) is 0 Å². The number of H-pyrrole nitrogens is 1. The minimum Gasteiger partial charge on any atom is -0.339 e. The van der Waals surface area contributed by atoms with Crippen LogP contribution in [0.15, 0.2) is 40.2 Å². The second kappa shape index (κ2) is 7.50. The molecule has 1 aliphatic rings. The Morgan fingerprint density at radius 3 is 2.90 bits per heavy atom. The highest BCUT2D eigenvalue weighted by molar-refractivity contribution is 7.09. The first-order valence-electron chi connectivity index (χ1n) is 9.83. The third-order valence-corrected chi connectivity index (χ3v) is 6.20. The van der Waals surface area contributed by atoms with Crippen LogP contribution in [0.2, 0.25) is 0 Å². The molecule has 0 radical (unpaired) electrons. The number of nitrogens with zero attached hydrogens (tertiary/aromatic N) is 3. The van der Waals surface area contributed by atoms with Crippen LogP contribution in [-0.2, 0) is 12.8 Å². The molecule has 0 bridgehead atoms. The van der Waals surface area contributed by atoms with E-state index in [2.05, 4.69) is 50.5 Å². The summed E-state index contributed by atoms with van der Waals surface area (Å²) in [5, 5.41) is 5.91. The Hall–Kier alpha value is -3.32. The van der Waals surface area contributed by atoms with E-state index in [-0.39, 0.29) is 5.78 Å². The largest absolute Gasteiger partial charge is 0.339 e. The molecule has 0 atom stereocenters. The number of aromatic nitrogens is 4. The summed E-state index contributed by atoms with van der Waals surface area (Å²) in [5.41, 5.74) is 6.04. The predicted molar refractivity (Wildman–Crippen MR) is 116 cm³/mol. The zero-order valence-electron chi connectivity index (χ0n) is 16.7. The van der Waals surface area contributed by atoms with Crippen LogP contribution in [-0.4, -0.2) is 25.9 Å². The van der Waals surface area contributed by atoms with Crippen molar-refractivity contribution in [2.45, 2.75) is 33.1 Å². The maximum absolute atomic E-state index is 12.6. The van der Waals surface area contributed by atoms with Gasteiger partial charge >= 0.3 is 0 Å². The number of aryl methyl sites for hydroxylation is 3. The van der Waals surface area contributed by atoms with Crippen LogP contribution in [0.3, 0.4) is 0 Å². The summed E-state index contributed by atoms with van der Waals surface area (Å²) in [7, 11) is 0. The van der Waals surface area contributed by atoms with E-state index in [4.69, 9.17) is 4.52 Å². The average Bonchev–Trinajstić information content (AvgIpc) is 3.51. The Morgan fingerprint density at radius 2 is 2.13 bits per heavy atom. The van der Waals surface area contributed by atoms with Gasteiger partial charge in [-0.15, -0.1) is 11.3 Å². The lowest BCUT2D eigenvalue weighted by Gasteiger charge is -2.03. The highest BCUT2D eigenvalue weighted by Crippen LogP contribution is 2.34. The van der Waals surface area contributed by atoms with E-state index in [1.54, 1.807) is 11.3 Å². The van der Waals surface area contributed by atoms with Crippen molar-refractivity contribution in [3.05, 3.63) is 74.9 Å². The van der Waals surface area contributed by atoms with E-state index >= 15 is 0 Å². The van der Waals surface area contributed by atoms with Crippen LogP contribution in [0.4, 0.5) is 0 Å². The van der Waals surface area contributed by atoms with Gasteiger partial charge in [0, 0.05) is 34.5 Å². The monoisotopic (exact) mass is 416 g/mol. The second-order valence-corrected chi connectivity index (χ2v) is 8.50. The molecule has 0 saturated carbocycles. The third kappa shape index (κ3) is 3.52. The van der Waals surface area contributed by atoms with Gasteiger partial charge < -0.3 is 9.51 Å². The first kappa shape index (κ1) is 18.7. The molecule has 0 aliphatic heterocycles. The normalized spacial score (nSPS) is 12.8. The van der Waals surface area contributed by atoms with E-state index in [0.29, 0.717) is 24.0 Å². The Morgan fingerprint density at radius 1 is 1.23 bits per heavy atom. The van der Waals surface area contributed by atoms with Gasteiger partial charge in [0.05, 0.1) is 5.69 Å². The molecule has 0 spiro atoms. The zero-order valence-corrected chi connectivity index (χ0v) is 17.5. The number of benzene rings is 1. The maximum atomic E-state index is 12.6. The number of imidazole rings is 1. The Kier molecular flexibility index (Phi) is 4.67. The number of thiophene rings is 1. The fourth-order valence-electron chi connectivity index (χ4n) is 3.73. The molecule has 0 unspecified atom stereocenters. The zero-order chi connectivity index (χ0) is 20.7. The lowest BCUT2D eigenvalue weighted by molar-refractivity contribution is 0.0974. The summed E-state index contributed by atoms with van der Waals surface area (Å²) < 4.78 is 5.31. The number of ketones is 1. The molecule has 5 rings (SSSR count). The van der Waals surface area contributed by atoms with Crippen molar-refractivity contribution >= 4 is 28.8 Å². The topological polar surface area (TPSA) is 84.7 Å². The molecular weight excluding hydrogens is 396 g/mol. The van der Waals surface area contributed by atoms with Crippen molar-refractivity contribution in [3.8, 4) is 11.3 Å². The number of carbonyl (C=O) groups excluding carboxylic acids is 1. The van der Waals surface area contributed by atoms with Crippen molar-refractivity contribution in [3.63, 3.8) is 0 Å². The minimum absolute atomic E-state index is 0.0351. The van der Waals surface area contributed by atoms with Crippen molar-refractivity contribution in [1.82, 2.24) is 20.1 Å². The Balaban J connectivity index is 1.38. The fraction of sp³-hybridized carbons (Fsp3) is 0.217. The molecular formula is C23H20N4O2S. The SMILES string of the molecule is Cc1noc(C2=Cc3cc(-c4nc(C(=O)CCc5cccs5)[nH]c4C)ccc3C2)n1. The van der Waals surface area contributed by atoms with Crippen molar-refractivity contribution in [2.75, 3.05) is 0 Å². The highest BCUT2D eigenvalue weighted by atomic mass is 32.1. The maximum Gasteiger partial charge on any atom is 0.254 e. The molecule has 4 aromatic rings. The van der Waals surface area contributed by atoms with E-state index in [1.807, 2.05) is 25.3 Å². The van der Waals surface area contributed by atoms with Crippen LogP contribution >= 0.6 is 11.3 Å². The quantitative estimate of drug-likeness (QED) is 0.445. The molecule has 6 nitrogen and oxygen atoms in total. The van der Waals surface area contributed by atoms with E-state index in [0.717, 1.165) is 40.9 Å².